The van der Waals surface area contributed by atoms with E-state index in [0.717, 1.165) is 25.3 Å². The lowest BCUT2D eigenvalue weighted by atomic mass is 9.70. The molecule has 0 aromatic rings. The minimum Gasteiger partial charge on any atom is -0.458 e. The van der Waals surface area contributed by atoms with E-state index in [9.17, 15) is 4.79 Å². The molecule has 2 saturated carbocycles. The Morgan fingerprint density at radius 3 is 2.61 bits per heavy atom. The first-order valence-electron chi connectivity index (χ1n) is 7.43. The Morgan fingerprint density at radius 2 is 2.11 bits per heavy atom. The summed E-state index contributed by atoms with van der Waals surface area (Å²) in [5.41, 5.74) is 0.517. The van der Waals surface area contributed by atoms with Crippen molar-refractivity contribution in [1.29, 1.82) is 0 Å². The van der Waals surface area contributed by atoms with Crippen LogP contribution in [-0.2, 0) is 9.53 Å². The van der Waals surface area contributed by atoms with Crippen molar-refractivity contribution in [1.82, 2.24) is 0 Å². The van der Waals surface area contributed by atoms with Gasteiger partial charge in [0.1, 0.15) is 6.10 Å². The predicted molar refractivity (Wildman–Crippen MR) is 71.1 cm³/mol. The van der Waals surface area contributed by atoms with Crippen LogP contribution in [0, 0.1) is 16.7 Å². The van der Waals surface area contributed by atoms with E-state index in [0.29, 0.717) is 12.0 Å². The highest BCUT2D eigenvalue weighted by atomic mass is 16.5. The van der Waals surface area contributed by atoms with Gasteiger partial charge in [0.15, 0.2) is 6.54 Å². The average Bonchev–Trinajstić information content (AvgIpc) is 2.62. The summed E-state index contributed by atoms with van der Waals surface area (Å²) in [5.74, 6) is 0.706. The maximum absolute atomic E-state index is 11.8. The van der Waals surface area contributed by atoms with Gasteiger partial charge in [-0.05, 0) is 37.0 Å². The Balaban J connectivity index is 1.90. The van der Waals surface area contributed by atoms with E-state index in [-0.39, 0.29) is 17.5 Å². The summed E-state index contributed by atoms with van der Waals surface area (Å²) in [6.07, 6.45) is 4.83. The highest BCUT2D eigenvalue weighted by Crippen LogP contribution is 2.66. The molecule has 2 aliphatic rings. The maximum Gasteiger partial charge on any atom is 0.361 e. The van der Waals surface area contributed by atoms with Crippen LogP contribution >= 0.6 is 0 Å². The second kappa shape index (κ2) is 4.84. The molecule has 0 heterocycles. The SMILES string of the molecule is CCC[NH2+]CC(=O)O[C@H]1C[C@@H]2CC[C@@]1(C)C2(C)C. The van der Waals surface area contributed by atoms with Crippen molar-refractivity contribution in [2.45, 2.75) is 59.5 Å². The van der Waals surface area contributed by atoms with Crippen molar-refractivity contribution in [2.24, 2.45) is 16.7 Å². The van der Waals surface area contributed by atoms with Crippen LogP contribution in [0.4, 0.5) is 0 Å². The third kappa shape index (κ3) is 2.07. The molecule has 2 N–H and O–H groups in total. The molecule has 3 heteroatoms. The number of quaternary nitrogens is 1. The molecule has 0 saturated heterocycles. The predicted octanol–water partition coefficient (Wildman–Crippen LogP) is 1.72. The first kappa shape index (κ1) is 13.9. The van der Waals surface area contributed by atoms with Crippen LogP contribution in [0.1, 0.15) is 53.4 Å². The number of carbonyl (C=O) groups is 1. The normalized spacial score (nSPS) is 36.9. The summed E-state index contributed by atoms with van der Waals surface area (Å²) < 4.78 is 5.76. The Kier molecular flexibility index (Phi) is 3.72. The Morgan fingerprint density at radius 1 is 1.39 bits per heavy atom. The van der Waals surface area contributed by atoms with Crippen LogP contribution in [-0.4, -0.2) is 25.2 Å². The summed E-state index contributed by atoms with van der Waals surface area (Å²) >= 11 is 0. The minimum atomic E-state index is -0.0296. The van der Waals surface area contributed by atoms with Crippen LogP contribution in [0.15, 0.2) is 0 Å². The Bertz CT molecular complexity index is 326. The van der Waals surface area contributed by atoms with E-state index in [1.165, 1.54) is 12.8 Å². The summed E-state index contributed by atoms with van der Waals surface area (Å²) in [6.45, 7) is 10.6. The zero-order valence-corrected chi connectivity index (χ0v) is 12.3. The van der Waals surface area contributed by atoms with E-state index in [2.05, 4.69) is 27.7 Å². The molecule has 2 aliphatic carbocycles. The van der Waals surface area contributed by atoms with Gasteiger partial charge in [-0.3, -0.25) is 0 Å². The molecule has 3 nitrogen and oxygen atoms in total. The second-order valence-electron chi connectivity index (χ2n) is 6.87. The lowest BCUT2D eigenvalue weighted by molar-refractivity contribution is -0.645. The van der Waals surface area contributed by atoms with E-state index in [1.807, 2.05) is 5.32 Å². The average molecular weight is 254 g/mol. The van der Waals surface area contributed by atoms with Crippen molar-refractivity contribution in [3.05, 3.63) is 0 Å². The molecule has 0 aromatic heterocycles. The van der Waals surface area contributed by atoms with Gasteiger partial charge in [-0.25, -0.2) is 4.79 Å². The molecule has 0 aliphatic heterocycles. The van der Waals surface area contributed by atoms with Crippen LogP contribution < -0.4 is 5.32 Å². The summed E-state index contributed by atoms with van der Waals surface area (Å²) in [4.78, 5) is 11.8. The van der Waals surface area contributed by atoms with Crippen molar-refractivity contribution >= 4 is 5.97 Å². The number of nitrogens with two attached hydrogens (primary N) is 1. The first-order chi connectivity index (χ1) is 8.41. The van der Waals surface area contributed by atoms with Gasteiger partial charge in [-0.2, -0.15) is 0 Å². The molecule has 0 amide bonds. The van der Waals surface area contributed by atoms with Gasteiger partial charge in [0.05, 0.1) is 6.54 Å². The second-order valence-corrected chi connectivity index (χ2v) is 6.87. The number of hydrogen-bond acceptors (Lipinski definition) is 2. The molecule has 0 spiro atoms. The smallest absolute Gasteiger partial charge is 0.361 e. The Labute approximate surface area is 111 Å². The molecule has 0 unspecified atom stereocenters. The molecule has 0 radical (unpaired) electrons. The van der Waals surface area contributed by atoms with Gasteiger partial charge < -0.3 is 10.1 Å². The number of ether oxygens (including phenoxy) is 1. The quantitative estimate of drug-likeness (QED) is 0.599. The van der Waals surface area contributed by atoms with E-state index < -0.39 is 0 Å². The summed E-state index contributed by atoms with van der Waals surface area (Å²) in [5, 5.41) is 2.04. The maximum atomic E-state index is 11.8. The van der Waals surface area contributed by atoms with Crippen molar-refractivity contribution in [3.8, 4) is 0 Å². The Hall–Kier alpha value is -0.570. The zero-order valence-electron chi connectivity index (χ0n) is 12.3. The summed E-state index contributed by atoms with van der Waals surface area (Å²) in [7, 11) is 0. The van der Waals surface area contributed by atoms with E-state index >= 15 is 0 Å². The fraction of sp³-hybridized carbons (Fsp3) is 0.933. The topological polar surface area (TPSA) is 42.9 Å². The number of rotatable bonds is 5. The molecular formula is C15H28NO2+. The molecule has 2 rings (SSSR count). The van der Waals surface area contributed by atoms with Gasteiger partial charge >= 0.3 is 5.97 Å². The number of carbonyl (C=O) groups excluding carboxylic acids is 1. The zero-order chi connectivity index (χ0) is 13.4. The molecule has 0 aromatic carbocycles. The lowest BCUT2D eigenvalue weighted by Crippen LogP contribution is -2.86. The molecule has 104 valence electrons. The number of fused-ring (bicyclic) bond motifs is 2. The number of hydrogen-bond donors (Lipinski definition) is 1. The standard InChI is InChI=1S/C15H27NO2/c1-5-8-16-10-13(17)18-12-9-11-6-7-15(12,4)14(11,2)3/h11-12,16H,5-10H2,1-4H3/p+1/t11-,12-,15+/m0/s1. The third-order valence-corrected chi connectivity index (χ3v) is 5.79. The molecule has 2 fully saturated rings. The largest absolute Gasteiger partial charge is 0.458 e. The van der Waals surface area contributed by atoms with Gasteiger partial charge in [0.25, 0.3) is 0 Å². The van der Waals surface area contributed by atoms with Crippen LogP contribution in [0.2, 0.25) is 0 Å². The van der Waals surface area contributed by atoms with Crippen molar-refractivity contribution in [2.75, 3.05) is 13.1 Å². The summed E-state index contributed by atoms with van der Waals surface area (Å²) in [6, 6.07) is 0. The monoisotopic (exact) mass is 254 g/mol. The minimum absolute atomic E-state index is 0.0296. The van der Waals surface area contributed by atoms with E-state index in [1.54, 1.807) is 0 Å². The third-order valence-electron chi connectivity index (χ3n) is 5.79. The van der Waals surface area contributed by atoms with Gasteiger partial charge in [-0.15, -0.1) is 0 Å². The lowest BCUT2D eigenvalue weighted by Gasteiger charge is -2.38. The fourth-order valence-corrected chi connectivity index (χ4v) is 3.94. The van der Waals surface area contributed by atoms with Crippen molar-refractivity contribution < 1.29 is 14.8 Å². The van der Waals surface area contributed by atoms with E-state index in [4.69, 9.17) is 4.74 Å². The highest BCUT2D eigenvalue weighted by molar-refractivity contribution is 5.70. The van der Waals surface area contributed by atoms with Gasteiger partial charge in [0, 0.05) is 5.41 Å². The molecular weight excluding hydrogens is 226 g/mol. The molecule has 3 atom stereocenters. The highest BCUT2D eigenvalue weighted by Gasteiger charge is 2.62. The number of esters is 1. The van der Waals surface area contributed by atoms with Gasteiger partial charge in [0.2, 0.25) is 0 Å². The van der Waals surface area contributed by atoms with Crippen LogP contribution in [0.25, 0.3) is 0 Å². The van der Waals surface area contributed by atoms with Crippen LogP contribution in [0.3, 0.4) is 0 Å². The fourth-order valence-electron chi connectivity index (χ4n) is 3.94. The molecule has 18 heavy (non-hydrogen) atoms. The van der Waals surface area contributed by atoms with Crippen LogP contribution in [0.5, 0.6) is 0 Å². The molecule has 2 bridgehead atoms. The first-order valence-corrected chi connectivity index (χ1v) is 7.43. The van der Waals surface area contributed by atoms with Crippen molar-refractivity contribution in [3.63, 3.8) is 0 Å². The van der Waals surface area contributed by atoms with Gasteiger partial charge in [-0.1, -0.05) is 27.7 Å².